The lowest BCUT2D eigenvalue weighted by Gasteiger charge is -2.07. The number of carbonyl (C=O) groups excluding carboxylic acids is 1. The Morgan fingerprint density at radius 3 is 2.58 bits per heavy atom. The van der Waals surface area contributed by atoms with E-state index in [2.05, 4.69) is 0 Å². The summed E-state index contributed by atoms with van der Waals surface area (Å²) in [7, 11) is 1.44. The second kappa shape index (κ2) is 6.96. The fraction of sp³-hybridized carbons (Fsp3) is 0.583. The van der Waals surface area contributed by atoms with E-state index < -0.39 is 15.0 Å². The number of aromatic nitrogens is 1. The van der Waals surface area contributed by atoms with Gasteiger partial charge in [0, 0.05) is 23.4 Å². The molecular formula is C12H18ClNO4S. The van der Waals surface area contributed by atoms with E-state index in [1.807, 2.05) is 13.8 Å². The molecule has 1 aromatic rings. The Kier molecular flexibility index (Phi) is 5.87. The van der Waals surface area contributed by atoms with Gasteiger partial charge in [-0.25, -0.2) is 13.2 Å². The molecule has 5 nitrogen and oxygen atoms in total. The number of halogens is 1. The van der Waals surface area contributed by atoms with E-state index in [0.29, 0.717) is 13.2 Å². The van der Waals surface area contributed by atoms with Crippen LogP contribution in [0.3, 0.4) is 0 Å². The quantitative estimate of drug-likeness (QED) is 0.441. The molecule has 0 amide bonds. The van der Waals surface area contributed by atoms with Gasteiger partial charge in [-0.1, -0.05) is 20.3 Å². The minimum Gasteiger partial charge on any atom is -0.461 e. The maximum absolute atomic E-state index is 11.9. The second-order valence-corrected chi connectivity index (χ2v) is 6.75. The first-order chi connectivity index (χ1) is 8.90. The predicted molar refractivity (Wildman–Crippen MR) is 73.0 cm³/mol. The average Bonchev–Trinajstić information content (AvgIpc) is 2.73. The molecule has 0 atom stereocenters. The van der Waals surface area contributed by atoms with Crippen molar-refractivity contribution in [3.05, 3.63) is 18.0 Å². The Labute approximate surface area is 117 Å². The molecule has 0 aliphatic carbocycles. The van der Waals surface area contributed by atoms with Crippen molar-refractivity contribution in [1.82, 2.24) is 4.57 Å². The van der Waals surface area contributed by atoms with Gasteiger partial charge in [-0.3, -0.25) is 0 Å². The van der Waals surface area contributed by atoms with Gasteiger partial charge in [0.2, 0.25) is 0 Å². The molecule has 0 N–H and O–H groups in total. The Morgan fingerprint density at radius 2 is 2.05 bits per heavy atom. The van der Waals surface area contributed by atoms with Crippen molar-refractivity contribution in [1.29, 1.82) is 0 Å². The molecule has 0 saturated heterocycles. The van der Waals surface area contributed by atoms with Crippen LogP contribution in [0.4, 0.5) is 0 Å². The van der Waals surface area contributed by atoms with Gasteiger partial charge < -0.3 is 9.30 Å². The molecule has 7 heteroatoms. The van der Waals surface area contributed by atoms with Crippen molar-refractivity contribution in [3.8, 4) is 0 Å². The van der Waals surface area contributed by atoms with Gasteiger partial charge in [0.05, 0.1) is 6.61 Å². The zero-order chi connectivity index (χ0) is 14.5. The second-order valence-electron chi connectivity index (χ2n) is 4.18. The summed E-state index contributed by atoms with van der Waals surface area (Å²) in [6.45, 7) is 4.78. The Balaban J connectivity index is 2.97. The molecule has 0 aliphatic heterocycles. The van der Waals surface area contributed by atoms with Crippen molar-refractivity contribution in [2.45, 2.75) is 44.6 Å². The number of hydrogen-bond donors (Lipinski definition) is 0. The highest BCUT2D eigenvalue weighted by atomic mass is 35.7. The summed E-state index contributed by atoms with van der Waals surface area (Å²) in [6, 6.07) is 1.26. The minimum absolute atomic E-state index is 0.0786. The highest BCUT2D eigenvalue weighted by Crippen LogP contribution is 2.19. The summed E-state index contributed by atoms with van der Waals surface area (Å²) < 4.78 is 29.2. The molecule has 108 valence electrons. The lowest BCUT2D eigenvalue weighted by Crippen LogP contribution is -2.12. The molecular weight excluding hydrogens is 290 g/mol. The van der Waals surface area contributed by atoms with E-state index in [1.54, 1.807) is 4.57 Å². The summed E-state index contributed by atoms with van der Waals surface area (Å²) >= 11 is 0. The number of esters is 1. The first-order valence-corrected chi connectivity index (χ1v) is 8.53. The van der Waals surface area contributed by atoms with Crippen LogP contribution in [-0.4, -0.2) is 25.6 Å². The van der Waals surface area contributed by atoms with Crippen LogP contribution in [-0.2, 0) is 20.3 Å². The summed E-state index contributed by atoms with van der Waals surface area (Å²) in [5.74, 6) is -0.520. The summed E-state index contributed by atoms with van der Waals surface area (Å²) in [4.78, 5) is 11.8. The number of aryl methyl sites for hydroxylation is 1. The maximum atomic E-state index is 11.9. The molecule has 1 heterocycles. The zero-order valence-electron chi connectivity index (χ0n) is 11.1. The lowest BCUT2D eigenvalue weighted by molar-refractivity contribution is 0.0487. The van der Waals surface area contributed by atoms with Crippen LogP contribution in [0.25, 0.3) is 0 Å². The van der Waals surface area contributed by atoms with E-state index in [0.717, 1.165) is 19.3 Å². The first kappa shape index (κ1) is 16.0. The monoisotopic (exact) mass is 307 g/mol. The van der Waals surface area contributed by atoms with Crippen molar-refractivity contribution in [2.75, 3.05) is 6.61 Å². The Bertz CT molecular complexity index is 536. The Morgan fingerprint density at radius 1 is 1.37 bits per heavy atom. The fourth-order valence-electron chi connectivity index (χ4n) is 1.60. The summed E-state index contributed by atoms with van der Waals surface area (Å²) in [5, 5.41) is 0. The van der Waals surface area contributed by atoms with Crippen LogP contribution in [0.5, 0.6) is 0 Å². The van der Waals surface area contributed by atoms with Gasteiger partial charge in [-0.05, 0) is 18.9 Å². The number of hydrogen-bond acceptors (Lipinski definition) is 4. The van der Waals surface area contributed by atoms with Gasteiger partial charge in [0.1, 0.15) is 10.6 Å². The summed E-state index contributed by atoms with van der Waals surface area (Å²) in [6.07, 6.45) is 3.83. The lowest BCUT2D eigenvalue weighted by atomic mass is 10.3. The number of ether oxygens (including phenoxy) is 1. The number of rotatable bonds is 7. The molecule has 0 spiro atoms. The van der Waals surface area contributed by atoms with E-state index in [1.165, 1.54) is 12.3 Å². The molecule has 1 aromatic heterocycles. The SMILES string of the molecule is CCCCOC(=O)c1cc(S(=O)(=O)Cl)cn1CCC. The third kappa shape index (κ3) is 4.54. The molecule has 0 unspecified atom stereocenters. The van der Waals surface area contributed by atoms with E-state index in [9.17, 15) is 13.2 Å². The first-order valence-electron chi connectivity index (χ1n) is 6.22. The van der Waals surface area contributed by atoms with Gasteiger partial charge in [0.15, 0.2) is 0 Å². The van der Waals surface area contributed by atoms with Gasteiger partial charge in [0.25, 0.3) is 9.05 Å². The predicted octanol–water partition coefficient (Wildman–Crippen LogP) is 2.78. The number of nitrogens with zero attached hydrogens (tertiary/aromatic N) is 1. The molecule has 0 bridgehead atoms. The van der Waals surface area contributed by atoms with E-state index in [-0.39, 0.29) is 10.6 Å². The molecule has 1 rings (SSSR count). The third-order valence-corrected chi connectivity index (χ3v) is 3.88. The minimum atomic E-state index is -3.84. The maximum Gasteiger partial charge on any atom is 0.354 e. The van der Waals surface area contributed by atoms with Gasteiger partial charge in [-0.15, -0.1) is 0 Å². The van der Waals surface area contributed by atoms with E-state index in [4.69, 9.17) is 15.4 Å². The topological polar surface area (TPSA) is 65.4 Å². The van der Waals surface area contributed by atoms with E-state index >= 15 is 0 Å². The van der Waals surface area contributed by atoms with Crippen molar-refractivity contribution < 1.29 is 17.9 Å². The normalized spacial score (nSPS) is 11.5. The zero-order valence-corrected chi connectivity index (χ0v) is 12.6. The fourth-order valence-corrected chi connectivity index (χ4v) is 2.36. The Hall–Kier alpha value is -1.01. The standard InChI is InChI=1S/C12H18ClNO4S/c1-3-5-7-18-12(15)11-8-10(19(13,16)17)9-14(11)6-4-2/h8-9H,3-7H2,1-2H3. The van der Waals surface area contributed by atoms with Crippen LogP contribution in [0.2, 0.25) is 0 Å². The van der Waals surface area contributed by atoms with Crippen LogP contribution >= 0.6 is 10.7 Å². The molecule has 0 aromatic carbocycles. The van der Waals surface area contributed by atoms with Crippen LogP contribution in [0.15, 0.2) is 17.2 Å². The smallest absolute Gasteiger partial charge is 0.354 e. The van der Waals surface area contributed by atoms with Crippen LogP contribution in [0.1, 0.15) is 43.6 Å². The molecule has 0 radical (unpaired) electrons. The molecule has 0 fully saturated rings. The molecule has 0 aliphatic rings. The van der Waals surface area contributed by atoms with Gasteiger partial charge >= 0.3 is 5.97 Å². The third-order valence-electron chi connectivity index (χ3n) is 2.56. The van der Waals surface area contributed by atoms with Crippen molar-refractivity contribution in [3.63, 3.8) is 0 Å². The highest BCUT2D eigenvalue weighted by Gasteiger charge is 2.20. The van der Waals surface area contributed by atoms with Crippen LogP contribution < -0.4 is 0 Å². The molecule has 0 saturated carbocycles. The average molecular weight is 308 g/mol. The largest absolute Gasteiger partial charge is 0.461 e. The van der Waals surface area contributed by atoms with Crippen molar-refractivity contribution >= 4 is 25.7 Å². The summed E-state index contributed by atoms with van der Waals surface area (Å²) in [5.41, 5.74) is 0.220. The molecule has 19 heavy (non-hydrogen) atoms. The van der Waals surface area contributed by atoms with Crippen molar-refractivity contribution in [2.24, 2.45) is 0 Å². The van der Waals surface area contributed by atoms with Crippen LogP contribution in [0, 0.1) is 0 Å². The van der Waals surface area contributed by atoms with Gasteiger partial charge in [-0.2, -0.15) is 0 Å². The highest BCUT2D eigenvalue weighted by molar-refractivity contribution is 8.13. The number of carbonyl (C=O) groups is 1. The number of unbranched alkanes of at least 4 members (excludes halogenated alkanes) is 1.